The zero-order valence-corrected chi connectivity index (χ0v) is 26.4. The minimum Gasteiger partial charge on any atom is -0.434 e. The van der Waals surface area contributed by atoms with Crippen molar-refractivity contribution in [3.05, 3.63) is 54.6 Å². The second-order valence-electron chi connectivity index (χ2n) is 11.3. The third-order valence-electron chi connectivity index (χ3n) is 8.44. The standard InChI is InChI=1S/C31H35F2N9O3S/c1-34-15-20-6-11-40(17-20)21-7-12-39(13-8-21)27(43)19-41-18-25(37-30(44)24-16-36-42-10-3-9-35-29(24)42)28(38-41)23-14-22(46-2)4-5-26(23)45-31(32)33/h3-5,9-10,14-16,18,20-21,31H,6-8,11-13,17,19H2,1-2H3,(H,37,44)/b34-15-. The lowest BCUT2D eigenvalue weighted by atomic mass is 10.0. The minimum absolute atomic E-state index is 0.0855. The second-order valence-corrected chi connectivity index (χ2v) is 12.2. The van der Waals surface area contributed by atoms with Crippen LogP contribution in [0.4, 0.5) is 14.5 Å². The summed E-state index contributed by atoms with van der Waals surface area (Å²) in [5.41, 5.74) is 1.23. The lowest BCUT2D eigenvalue weighted by Crippen LogP contribution is -2.47. The number of aliphatic imine (C=N–C) groups is 1. The monoisotopic (exact) mass is 651 g/mol. The molecular formula is C31H35F2N9O3S. The molecule has 4 aromatic rings. The molecule has 2 amide bonds. The van der Waals surface area contributed by atoms with Gasteiger partial charge in [0, 0.05) is 73.9 Å². The minimum atomic E-state index is -3.07. The van der Waals surface area contributed by atoms with E-state index in [1.807, 2.05) is 24.4 Å². The van der Waals surface area contributed by atoms with E-state index in [9.17, 15) is 18.4 Å². The predicted octanol–water partition coefficient (Wildman–Crippen LogP) is 4.18. The molecule has 2 aliphatic rings. The third-order valence-corrected chi connectivity index (χ3v) is 9.16. The van der Waals surface area contributed by atoms with Crippen molar-refractivity contribution in [1.82, 2.24) is 34.2 Å². The highest BCUT2D eigenvalue weighted by atomic mass is 32.2. The molecule has 3 aromatic heterocycles. The van der Waals surface area contributed by atoms with Crippen molar-refractivity contribution < 1.29 is 23.1 Å². The molecule has 1 atom stereocenters. The number of carbonyl (C=O) groups is 2. The van der Waals surface area contributed by atoms with Crippen molar-refractivity contribution in [2.45, 2.75) is 43.4 Å². The van der Waals surface area contributed by atoms with Gasteiger partial charge in [-0.15, -0.1) is 11.8 Å². The van der Waals surface area contributed by atoms with Crippen molar-refractivity contribution in [3.8, 4) is 17.0 Å². The lowest BCUT2D eigenvalue weighted by Gasteiger charge is -2.36. The number of carbonyl (C=O) groups excluding carboxylic acids is 2. The van der Waals surface area contributed by atoms with Gasteiger partial charge in [-0.3, -0.25) is 19.2 Å². The van der Waals surface area contributed by atoms with Crippen LogP contribution in [0.3, 0.4) is 0 Å². The summed E-state index contributed by atoms with van der Waals surface area (Å²) >= 11 is 1.42. The van der Waals surface area contributed by atoms with E-state index in [1.54, 1.807) is 30.6 Å². The van der Waals surface area contributed by atoms with Gasteiger partial charge in [0.1, 0.15) is 23.6 Å². The van der Waals surface area contributed by atoms with Crippen LogP contribution in [0.5, 0.6) is 5.75 Å². The largest absolute Gasteiger partial charge is 0.434 e. The predicted molar refractivity (Wildman–Crippen MR) is 171 cm³/mol. The maximum Gasteiger partial charge on any atom is 0.387 e. The number of aromatic nitrogens is 5. The van der Waals surface area contributed by atoms with Gasteiger partial charge in [-0.2, -0.15) is 19.0 Å². The zero-order valence-electron chi connectivity index (χ0n) is 25.6. The fourth-order valence-electron chi connectivity index (χ4n) is 6.19. The zero-order chi connectivity index (χ0) is 32.2. The number of anilines is 1. The van der Waals surface area contributed by atoms with E-state index < -0.39 is 12.5 Å². The number of piperidine rings is 1. The smallest absolute Gasteiger partial charge is 0.387 e. The van der Waals surface area contributed by atoms with Gasteiger partial charge in [0.2, 0.25) is 5.91 Å². The normalized spacial score (nSPS) is 17.8. The van der Waals surface area contributed by atoms with Crippen molar-refractivity contribution in [1.29, 1.82) is 0 Å². The maximum atomic E-state index is 13.5. The van der Waals surface area contributed by atoms with Crippen LogP contribution in [-0.2, 0) is 11.3 Å². The summed E-state index contributed by atoms with van der Waals surface area (Å²) in [7, 11) is 1.81. The number of hydrogen-bond acceptors (Lipinski definition) is 9. The first kappa shape index (κ1) is 31.6. The summed E-state index contributed by atoms with van der Waals surface area (Å²) < 4.78 is 34.6. The highest BCUT2D eigenvalue weighted by Crippen LogP contribution is 2.38. The van der Waals surface area contributed by atoms with Crippen LogP contribution in [0.25, 0.3) is 16.9 Å². The molecule has 1 aromatic carbocycles. The second kappa shape index (κ2) is 14.0. The number of likely N-dealkylation sites (tertiary alicyclic amines) is 2. The summed E-state index contributed by atoms with van der Waals surface area (Å²) in [4.78, 5) is 40.5. The van der Waals surface area contributed by atoms with Gasteiger partial charge in [-0.05, 0) is 56.3 Å². The molecule has 0 saturated carbocycles. The number of ether oxygens (including phenoxy) is 1. The van der Waals surface area contributed by atoms with Crippen molar-refractivity contribution >= 4 is 41.1 Å². The van der Waals surface area contributed by atoms with Gasteiger partial charge in [-0.1, -0.05) is 0 Å². The Labute approximate surface area is 268 Å². The molecule has 46 heavy (non-hydrogen) atoms. The van der Waals surface area contributed by atoms with Crippen LogP contribution in [0.2, 0.25) is 0 Å². The van der Waals surface area contributed by atoms with E-state index in [-0.39, 0.29) is 40.7 Å². The summed E-state index contributed by atoms with van der Waals surface area (Å²) in [5, 5.41) is 11.6. The summed E-state index contributed by atoms with van der Waals surface area (Å²) in [6, 6.07) is 6.91. The average molecular weight is 652 g/mol. The van der Waals surface area contributed by atoms with E-state index in [0.29, 0.717) is 30.7 Å². The van der Waals surface area contributed by atoms with Crippen LogP contribution >= 0.6 is 11.8 Å². The Kier molecular flexibility index (Phi) is 9.59. The third kappa shape index (κ3) is 6.89. The SMILES string of the molecule is C/N=C\C1CCN(C2CCN(C(=O)Cn3cc(NC(=O)c4cnn5cccnc45)c(-c4cc(SC)ccc4OC(F)F)n3)CC2)C1. The van der Waals surface area contributed by atoms with Crippen LogP contribution in [0.1, 0.15) is 29.6 Å². The van der Waals surface area contributed by atoms with E-state index in [1.165, 1.54) is 39.4 Å². The topological polar surface area (TPSA) is 122 Å². The first-order valence-electron chi connectivity index (χ1n) is 15.1. The number of nitrogens with one attached hydrogen (secondary N) is 1. The maximum absolute atomic E-state index is 13.5. The van der Waals surface area contributed by atoms with Crippen molar-refractivity contribution in [2.24, 2.45) is 10.9 Å². The van der Waals surface area contributed by atoms with Crippen LogP contribution in [0.15, 0.2) is 58.9 Å². The Morgan fingerprint density at radius 2 is 2.04 bits per heavy atom. The highest BCUT2D eigenvalue weighted by Gasteiger charge is 2.31. The molecule has 2 aliphatic heterocycles. The number of benzene rings is 1. The number of halogens is 2. The molecule has 15 heteroatoms. The first-order chi connectivity index (χ1) is 22.3. The number of nitrogens with zero attached hydrogens (tertiary/aromatic N) is 8. The average Bonchev–Trinajstić information content (AvgIpc) is 3.80. The number of fused-ring (bicyclic) bond motifs is 1. The van der Waals surface area contributed by atoms with Gasteiger partial charge in [0.15, 0.2) is 5.65 Å². The summed E-state index contributed by atoms with van der Waals surface area (Å²) in [6.07, 6.45) is 12.9. The molecule has 6 rings (SSSR count). The van der Waals surface area contributed by atoms with E-state index >= 15 is 0 Å². The Hall–Kier alpha value is -4.37. The molecule has 2 fully saturated rings. The summed E-state index contributed by atoms with van der Waals surface area (Å²) in [5.74, 6) is -0.249. The van der Waals surface area contributed by atoms with Crippen LogP contribution in [0, 0.1) is 5.92 Å². The first-order valence-corrected chi connectivity index (χ1v) is 16.3. The molecule has 0 bridgehead atoms. The number of alkyl halides is 2. The molecule has 1 N–H and O–H groups in total. The molecule has 5 heterocycles. The Morgan fingerprint density at radius 3 is 2.80 bits per heavy atom. The van der Waals surface area contributed by atoms with E-state index in [4.69, 9.17) is 4.74 Å². The van der Waals surface area contributed by atoms with E-state index in [0.717, 1.165) is 37.2 Å². The lowest BCUT2D eigenvalue weighted by molar-refractivity contribution is -0.133. The van der Waals surface area contributed by atoms with E-state index in [2.05, 4.69) is 30.4 Å². The fraction of sp³-hybridized carbons (Fsp3) is 0.419. The molecule has 0 radical (unpaired) electrons. The molecule has 1 unspecified atom stereocenters. The Balaban J connectivity index is 1.23. The quantitative estimate of drug-likeness (QED) is 0.200. The van der Waals surface area contributed by atoms with Gasteiger partial charge in [0.05, 0.1) is 11.9 Å². The number of amides is 2. The molecular weight excluding hydrogens is 616 g/mol. The number of rotatable bonds is 10. The highest BCUT2D eigenvalue weighted by molar-refractivity contribution is 7.98. The fourth-order valence-corrected chi connectivity index (χ4v) is 6.63. The molecule has 0 aliphatic carbocycles. The summed E-state index contributed by atoms with van der Waals surface area (Å²) in [6.45, 7) is 0.153. The molecule has 2 saturated heterocycles. The van der Waals surface area contributed by atoms with Gasteiger partial charge < -0.3 is 19.9 Å². The number of hydrogen-bond donors (Lipinski definition) is 1. The molecule has 0 spiro atoms. The molecule has 12 nitrogen and oxygen atoms in total. The van der Waals surface area contributed by atoms with Crippen molar-refractivity contribution in [2.75, 3.05) is 44.8 Å². The number of thioether (sulfide) groups is 1. The van der Waals surface area contributed by atoms with Gasteiger partial charge in [-0.25, -0.2) is 9.50 Å². The molecule has 242 valence electrons. The Morgan fingerprint density at radius 1 is 1.22 bits per heavy atom. The Bertz CT molecular complexity index is 1740. The van der Waals surface area contributed by atoms with Crippen LogP contribution < -0.4 is 10.1 Å². The van der Waals surface area contributed by atoms with Crippen LogP contribution in [-0.4, -0.2) is 104 Å². The van der Waals surface area contributed by atoms with Gasteiger partial charge in [0.25, 0.3) is 5.91 Å². The van der Waals surface area contributed by atoms with Crippen molar-refractivity contribution in [3.63, 3.8) is 0 Å². The van der Waals surface area contributed by atoms with Gasteiger partial charge >= 0.3 is 6.61 Å².